The van der Waals surface area contributed by atoms with Gasteiger partial charge in [-0.25, -0.2) is 0 Å². The van der Waals surface area contributed by atoms with E-state index >= 15 is 0 Å². The summed E-state index contributed by atoms with van der Waals surface area (Å²) in [4.78, 5) is 14.9. The third kappa shape index (κ3) is 4.75. The summed E-state index contributed by atoms with van der Waals surface area (Å²) in [5.41, 5.74) is 3.92. The van der Waals surface area contributed by atoms with Crippen molar-refractivity contribution in [2.45, 2.75) is 33.2 Å². The first-order valence-corrected chi connectivity index (χ1v) is 10.9. The van der Waals surface area contributed by atoms with Crippen molar-refractivity contribution in [2.75, 3.05) is 16.8 Å². The van der Waals surface area contributed by atoms with Crippen molar-refractivity contribution < 1.29 is 4.79 Å². The summed E-state index contributed by atoms with van der Waals surface area (Å²) in [5.74, 6) is -0.580. The third-order valence-electron chi connectivity index (χ3n) is 5.26. The van der Waals surface area contributed by atoms with Crippen LogP contribution >= 0.6 is 34.8 Å². The van der Waals surface area contributed by atoms with Crippen LogP contribution in [0.3, 0.4) is 0 Å². The van der Waals surface area contributed by atoms with Crippen LogP contribution in [-0.4, -0.2) is 18.0 Å². The Morgan fingerprint density at radius 3 is 2.52 bits per heavy atom. The molecular weight excluding hydrogens is 453 g/mol. The molecular formula is C24H22Cl3N3O. The second-order valence-electron chi connectivity index (χ2n) is 7.86. The molecule has 1 amide bonds. The second kappa shape index (κ2) is 8.96. The molecule has 2 aromatic carbocycles. The number of amides is 1. The Morgan fingerprint density at radius 2 is 1.90 bits per heavy atom. The molecule has 0 atom stereocenters. The maximum absolute atomic E-state index is 12.7. The van der Waals surface area contributed by atoms with Crippen LogP contribution in [0.15, 0.2) is 42.0 Å². The molecule has 0 aromatic heterocycles. The molecule has 7 heteroatoms. The first kappa shape index (κ1) is 23.2. The van der Waals surface area contributed by atoms with Crippen LogP contribution in [0.25, 0.3) is 11.6 Å². The fraction of sp³-hybridized carbons (Fsp3) is 0.250. The lowest BCUT2D eigenvalue weighted by atomic mass is 9.88. The minimum absolute atomic E-state index is 0.0852. The smallest absolute Gasteiger partial charge is 0.266 e. The predicted molar refractivity (Wildman–Crippen MR) is 131 cm³/mol. The van der Waals surface area contributed by atoms with Gasteiger partial charge < -0.3 is 10.2 Å². The van der Waals surface area contributed by atoms with Gasteiger partial charge in [0.25, 0.3) is 5.91 Å². The molecule has 160 valence electrons. The highest BCUT2D eigenvalue weighted by atomic mass is 35.5. The molecule has 0 unspecified atom stereocenters. The highest BCUT2D eigenvalue weighted by Gasteiger charge is 2.30. The maximum atomic E-state index is 12.7. The molecule has 0 bridgehead atoms. The Kier molecular flexibility index (Phi) is 6.71. The third-order valence-corrected chi connectivity index (χ3v) is 6.13. The first-order chi connectivity index (χ1) is 14.6. The number of hydrogen-bond acceptors (Lipinski definition) is 3. The van der Waals surface area contributed by atoms with Crippen LogP contribution in [0.5, 0.6) is 0 Å². The van der Waals surface area contributed by atoms with E-state index in [1.54, 1.807) is 12.1 Å². The van der Waals surface area contributed by atoms with Gasteiger partial charge in [-0.05, 0) is 75.2 Å². The van der Waals surface area contributed by atoms with Gasteiger partial charge in [-0.15, -0.1) is 0 Å². The summed E-state index contributed by atoms with van der Waals surface area (Å²) < 4.78 is 0. The van der Waals surface area contributed by atoms with E-state index < -0.39 is 5.91 Å². The van der Waals surface area contributed by atoms with Crippen LogP contribution in [0.1, 0.15) is 38.8 Å². The van der Waals surface area contributed by atoms with Crippen LogP contribution in [0.2, 0.25) is 15.1 Å². The monoisotopic (exact) mass is 473 g/mol. The van der Waals surface area contributed by atoms with Crippen LogP contribution in [0, 0.1) is 11.3 Å². The van der Waals surface area contributed by atoms with Gasteiger partial charge >= 0.3 is 0 Å². The molecule has 0 saturated heterocycles. The minimum atomic E-state index is -0.580. The normalized spacial score (nSPS) is 15.1. The zero-order valence-electron chi connectivity index (χ0n) is 17.7. The highest BCUT2D eigenvalue weighted by molar-refractivity contribution is 6.37. The SMILES string of the molecule is CCN1c2cc(Cl)c(/C=C(\C#N)C(=O)Nc3ccc(Cl)cc3Cl)cc2C(C)=CC1(C)C. The lowest BCUT2D eigenvalue weighted by Crippen LogP contribution is -2.44. The molecule has 31 heavy (non-hydrogen) atoms. The zero-order chi connectivity index (χ0) is 22.9. The summed E-state index contributed by atoms with van der Waals surface area (Å²) >= 11 is 18.6. The number of halogens is 3. The van der Waals surface area contributed by atoms with Gasteiger partial charge in [0.1, 0.15) is 11.6 Å². The van der Waals surface area contributed by atoms with Crippen LogP contribution < -0.4 is 10.2 Å². The second-order valence-corrected chi connectivity index (χ2v) is 9.12. The van der Waals surface area contributed by atoms with E-state index in [-0.39, 0.29) is 16.1 Å². The fourth-order valence-corrected chi connectivity index (χ4v) is 4.56. The van der Waals surface area contributed by atoms with E-state index in [4.69, 9.17) is 34.8 Å². The molecule has 0 aliphatic carbocycles. The van der Waals surface area contributed by atoms with Gasteiger partial charge in [-0.3, -0.25) is 4.79 Å². The van der Waals surface area contributed by atoms with Crippen molar-refractivity contribution in [1.29, 1.82) is 5.26 Å². The molecule has 0 radical (unpaired) electrons. The lowest BCUT2D eigenvalue weighted by molar-refractivity contribution is -0.112. The van der Waals surface area contributed by atoms with Gasteiger partial charge in [0.05, 0.1) is 16.2 Å². The molecule has 4 nitrogen and oxygen atoms in total. The highest BCUT2D eigenvalue weighted by Crippen LogP contribution is 2.41. The standard InChI is InChI=1S/C24H22Cl3N3O/c1-5-30-22-11-19(26)15(9-18(22)14(2)12-24(30,3)4)8-16(13-28)23(31)29-21-7-6-17(25)10-20(21)27/h6-12H,5H2,1-4H3,(H,29,31)/b16-8+. The number of likely N-dealkylation sites (N-methyl/N-ethyl adjacent to an activating group) is 1. The predicted octanol–water partition coefficient (Wildman–Crippen LogP) is 7.21. The Bertz CT molecular complexity index is 1160. The Labute approximate surface area is 197 Å². The molecule has 1 aliphatic heterocycles. The molecule has 2 aromatic rings. The van der Waals surface area contributed by atoms with E-state index in [1.807, 2.05) is 18.2 Å². The van der Waals surface area contributed by atoms with E-state index in [9.17, 15) is 10.1 Å². The quantitative estimate of drug-likeness (QED) is 0.376. The number of rotatable bonds is 4. The zero-order valence-corrected chi connectivity index (χ0v) is 20.0. The van der Waals surface area contributed by atoms with Gasteiger partial charge in [-0.1, -0.05) is 40.9 Å². The lowest BCUT2D eigenvalue weighted by Gasteiger charge is -2.43. The van der Waals surface area contributed by atoms with Crippen molar-refractivity contribution in [3.8, 4) is 6.07 Å². The Hall–Kier alpha value is -2.45. The van der Waals surface area contributed by atoms with Gasteiger partial charge in [0, 0.05) is 27.8 Å². The molecule has 0 spiro atoms. The number of allylic oxidation sites excluding steroid dienone is 1. The molecule has 1 heterocycles. The van der Waals surface area contributed by atoms with Crippen molar-refractivity contribution in [3.05, 3.63) is 68.2 Å². The largest absolute Gasteiger partial charge is 0.363 e. The van der Waals surface area contributed by atoms with Crippen LogP contribution in [0.4, 0.5) is 11.4 Å². The van der Waals surface area contributed by atoms with Crippen molar-refractivity contribution in [1.82, 2.24) is 0 Å². The van der Waals surface area contributed by atoms with E-state index in [2.05, 4.69) is 44.0 Å². The van der Waals surface area contributed by atoms with Gasteiger partial charge in [0.2, 0.25) is 0 Å². The molecule has 1 aliphatic rings. The minimum Gasteiger partial charge on any atom is -0.363 e. The van der Waals surface area contributed by atoms with Crippen molar-refractivity contribution in [3.63, 3.8) is 0 Å². The van der Waals surface area contributed by atoms with Gasteiger partial charge in [0.15, 0.2) is 0 Å². The van der Waals surface area contributed by atoms with Crippen molar-refractivity contribution >= 4 is 63.7 Å². The number of carbonyl (C=O) groups is 1. The van der Waals surface area contributed by atoms with Crippen molar-refractivity contribution in [2.24, 2.45) is 0 Å². The van der Waals surface area contributed by atoms with E-state index in [0.29, 0.717) is 21.3 Å². The summed E-state index contributed by atoms with van der Waals surface area (Å²) in [7, 11) is 0. The van der Waals surface area contributed by atoms with E-state index in [1.165, 1.54) is 12.1 Å². The van der Waals surface area contributed by atoms with E-state index in [0.717, 1.165) is 23.4 Å². The Morgan fingerprint density at radius 1 is 1.19 bits per heavy atom. The fourth-order valence-electron chi connectivity index (χ4n) is 3.89. The number of benzene rings is 2. The topological polar surface area (TPSA) is 56.1 Å². The summed E-state index contributed by atoms with van der Waals surface area (Å²) in [6.45, 7) is 9.29. The Balaban J connectivity index is 1.99. The summed E-state index contributed by atoms with van der Waals surface area (Å²) in [5, 5.41) is 13.4. The summed E-state index contributed by atoms with van der Waals surface area (Å²) in [6, 6.07) is 10.5. The number of anilines is 2. The number of carbonyl (C=O) groups excluding carboxylic acids is 1. The number of fused-ring (bicyclic) bond motifs is 1. The average molecular weight is 475 g/mol. The first-order valence-electron chi connectivity index (χ1n) is 9.76. The molecule has 0 saturated carbocycles. The average Bonchev–Trinajstić information content (AvgIpc) is 2.68. The number of nitrogens with one attached hydrogen (secondary N) is 1. The maximum Gasteiger partial charge on any atom is 0.266 e. The number of nitrogens with zero attached hydrogens (tertiary/aromatic N) is 2. The molecule has 1 N–H and O–H groups in total. The van der Waals surface area contributed by atoms with Crippen LogP contribution in [-0.2, 0) is 4.79 Å². The molecule has 3 rings (SSSR count). The number of hydrogen-bond donors (Lipinski definition) is 1. The van der Waals surface area contributed by atoms with Gasteiger partial charge in [-0.2, -0.15) is 5.26 Å². The number of nitriles is 1. The summed E-state index contributed by atoms with van der Waals surface area (Å²) in [6.07, 6.45) is 3.70. The molecule has 0 fully saturated rings.